The molecule has 8 nitrogen and oxygen atoms in total. The van der Waals surface area contributed by atoms with Gasteiger partial charge in [-0.05, 0) is 30.7 Å². The standard InChI is InChI=1S/C15H18N6O2.ClH/c16-8-12-18-15(20-19-12)10-3-5-11(6-4-10)17-13(22)9-21-7-1-2-14(21)23;/h3-6H,1-2,7-9,16H2,(H,17,22)(H,18,19,20);1H. The summed E-state index contributed by atoms with van der Waals surface area (Å²) in [5.74, 6) is 1.02. The molecule has 9 heteroatoms. The predicted octanol–water partition coefficient (Wildman–Crippen LogP) is 0.913. The van der Waals surface area contributed by atoms with Gasteiger partial charge in [-0.2, -0.15) is 5.10 Å². The van der Waals surface area contributed by atoms with Crippen molar-refractivity contribution in [3.8, 4) is 11.4 Å². The highest BCUT2D eigenvalue weighted by Crippen LogP contribution is 2.18. The number of aromatic amines is 1. The predicted molar refractivity (Wildman–Crippen MR) is 91.4 cm³/mol. The lowest BCUT2D eigenvalue weighted by atomic mass is 10.2. The van der Waals surface area contributed by atoms with Crippen LogP contribution in [0.2, 0.25) is 0 Å². The van der Waals surface area contributed by atoms with E-state index >= 15 is 0 Å². The van der Waals surface area contributed by atoms with Crippen LogP contribution in [0.1, 0.15) is 18.7 Å². The van der Waals surface area contributed by atoms with Crippen LogP contribution in [0.4, 0.5) is 5.69 Å². The topological polar surface area (TPSA) is 117 Å². The first-order valence-corrected chi connectivity index (χ1v) is 7.45. The van der Waals surface area contributed by atoms with E-state index in [2.05, 4.69) is 20.5 Å². The molecule has 1 aromatic carbocycles. The van der Waals surface area contributed by atoms with Gasteiger partial charge in [0.1, 0.15) is 5.82 Å². The number of nitrogens with one attached hydrogen (secondary N) is 2. The Bertz CT molecular complexity index is 715. The minimum absolute atomic E-state index is 0. The van der Waals surface area contributed by atoms with Crippen LogP contribution in [0.25, 0.3) is 11.4 Å². The molecule has 0 saturated carbocycles. The van der Waals surface area contributed by atoms with Crippen LogP contribution in [-0.2, 0) is 16.1 Å². The lowest BCUT2D eigenvalue weighted by Crippen LogP contribution is -2.33. The van der Waals surface area contributed by atoms with Crippen molar-refractivity contribution in [2.24, 2.45) is 5.73 Å². The van der Waals surface area contributed by atoms with Gasteiger partial charge in [-0.15, -0.1) is 12.4 Å². The van der Waals surface area contributed by atoms with Crippen LogP contribution in [0.5, 0.6) is 0 Å². The molecular formula is C15H19ClN6O2. The van der Waals surface area contributed by atoms with Gasteiger partial charge in [-0.1, -0.05) is 0 Å². The van der Waals surface area contributed by atoms with E-state index in [1.807, 2.05) is 12.1 Å². The van der Waals surface area contributed by atoms with Crippen LogP contribution >= 0.6 is 12.4 Å². The fourth-order valence-corrected chi connectivity index (χ4v) is 2.46. The first-order valence-electron chi connectivity index (χ1n) is 7.45. The number of rotatable bonds is 5. The average molecular weight is 351 g/mol. The Hall–Kier alpha value is -2.45. The minimum atomic E-state index is -0.198. The second-order valence-corrected chi connectivity index (χ2v) is 5.35. The number of hydrogen-bond donors (Lipinski definition) is 3. The molecule has 3 rings (SSSR count). The van der Waals surface area contributed by atoms with Gasteiger partial charge in [0.25, 0.3) is 0 Å². The van der Waals surface area contributed by atoms with E-state index in [1.54, 1.807) is 17.0 Å². The van der Waals surface area contributed by atoms with Crippen LogP contribution in [-0.4, -0.2) is 45.0 Å². The van der Waals surface area contributed by atoms with Gasteiger partial charge in [0.15, 0.2) is 5.82 Å². The van der Waals surface area contributed by atoms with Gasteiger partial charge in [-0.25, -0.2) is 4.98 Å². The zero-order chi connectivity index (χ0) is 16.2. The van der Waals surface area contributed by atoms with Crippen molar-refractivity contribution in [3.05, 3.63) is 30.1 Å². The number of H-pyrrole nitrogens is 1. The molecule has 2 amide bonds. The summed E-state index contributed by atoms with van der Waals surface area (Å²) in [6.07, 6.45) is 1.35. The largest absolute Gasteiger partial charge is 0.333 e. The average Bonchev–Trinajstić information content (AvgIpc) is 3.18. The summed E-state index contributed by atoms with van der Waals surface area (Å²) in [5, 5.41) is 9.61. The third kappa shape index (κ3) is 4.09. The molecule has 2 aromatic rings. The maximum Gasteiger partial charge on any atom is 0.243 e. The number of likely N-dealkylation sites (tertiary alicyclic amines) is 1. The smallest absolute Gasteiger partial charge is 0.243 e. The maximum atomic E-state index is 12.0. The fraction of sp³-hybridized carbons (Fsp3) is 0.333. The first kappa shape index (κ1) is 17.9. The number of hydrogen-bond acceptors (Lipinski definition) is 5. The summed E-state index contributed by atoms with van der Waals surface area (Å²) in [5.41, 5.74) is 6.98. The van der Waals surface area contributed by atoms with Crippen molar-refractivity contribution >= 4 is 29.9 Å². The number of anilines is 1. The van der Waals surface area contributed by atoms with E-state index < -0.39 is 0 Å². The van der Waals surface area contributed by atoms with Gasteiger partial charge in [-0.3, -0.25) is 14.7 Å². The second kappa shape index (κ2) is 7.89. The van der Waals surface area contributed by atoms with Crippen molar-refractivity contribution in [1.82, 2.24) is 20.1 Å². The van der Waals surface area contributed by atoms with Crippen LogP contribution in [0.3, 0.4) is 0 Å². The molecule has 0 aliphatic carbocycles. The SMILES string of the molecule is Cl.NCc1nc(-c2ccc(NC(=O)CN3CCCC3=O)cc2)n[nH]1. The Kier molecular flexibility index (Phi) is 5.88. The number of nitrogens with two attached hydrogens (primary N) is 1. The lowest BCUT2D eigenvalue weighted by molar-refractivity contribution is -0.131. The second-order valence-electron chi connectivity index (χ2n) is 5.35. The molecule has 24 heavy (non-hydrogen) atoms. The summed E-state index contributed by atoms with van der Waals surface area (Å²) in [4.78, 5) is 29.3. The molecule has 128 valence electrons. The first-order chi connectivity index (χ1) is 11.2. The molecule has 0 spiro atoms. The van der Waals surface area contributed by atoms with Crippen LogP contribution < -0.4 is 11.1 Å². The molecule has 0 bridgehead atoms. The monoisotopic (exact) mass is 350 g/mol. The number of nitrogens with zero attached hydrogens (tertiary/aromatic N) is 3. The maximum absolute atomic E-state index is 12.0. The molecule has 1 saturated heterocycles. The van der Waals surface area contributed by atoms with E-state index in [0.29, 0.717) is 36.8 Å². The number of aromatic nitrogens is 3. The van der Waals surface area contributed by atoms with Crippen molar-refractivity contribution in [2.45, 2.75) is 19.4 Å². The highest BCUT2D eigenvalue weighted by Gasteiger charge is 2.22. The zero-order valence-electron chi connectivity index (χ0n) is 13.0. The highest BCUT2D eigenvalue weighted by molar-refractivity contribution is 5.95. The molecule has 1 aromatic heterocycles. The Morgan fingerprint density at radius 3 is 2.67 bits per heavy atom. The summed E-state index contributed by atoms with van der Waals surface area (Å²) in [6.45, 7) is 1.05. The van der Waals surface area contributed by atoms with Crippen molar-refractivity contribution in [3.63, 3.8) is 0 Å². The summed E-state index contributed by atoms with van der Waals surface area (Å²) in [6, 6.07) is 7.19. The number of amides is 2. The van der Waals surface area contributed by atoms with E-state index in [-0.39, 0.29) is 30.8 Å². The van der Waals surface area contributed by atoms with Gasteiger partial charge in [0.05, 0.1) is 13.1 Å². The molecule has 4 N–H and O–H groups in total. The number of benzene rings is 1. The fourth-order valence-electron chi connectivity index (χ4n) is 2.46. The Morgan fingerprint density at radius 1 is 1.33 bits per heavy atom. The molecule has 0 unspecified atom stereocenters. The molecule has 1 aliphatic heterocycles. The third-order valence-corrected chi connectivity index (χ3v) is 3.66. The summed E-state index contributed by atoms with van der Waals surface area (Å²) >= 11 is 0. The van der Waals surface area contributed by atoms with Crippen LogP contribution in [0.15, 0.2) is 24.3 Å². The number of carbonyl (C=O) groups excluding carboxylic acids is 2. The van der Waals surface area contributed by atoms with Crippen molar-refractivity contribution in [2.75, 3.05) is 18.4 Å². The van der Waals surface area contributed by atoms with E-state index in [0.717, 1.165) is 12.0 Å². The minimum Gasteiger partial charge on any atom is -0.333 e. The van der Waals surface area contributed by atoms with Gasteiger partial charge < -0.3 is 16.0 Å². The van der Waals surface area contributed by atoms with E-state index in [9.17, 15) is 9.59 Å². The zero-order valence-corrected chi connectivity index (χ0v) is 13.8. The lowest BCUT2D eigenvalue weighted by Gasteiger charge is -2.14. The molecule has 2 heterocycles. The molecule has 1 aliphatic rings. The Labute approximate surface area is 145 Å². The van der Waals surface area contributed by atoms with E-state index in [1.165, 1.54) is 0 Å². The molecule has 0 atom stereocenters. The van der Waals surface area contributed by atoms with Gasteiger partial charge >= 0.3 is 0 Å². The molecule has 1 fully saturated rings. The van der Waals surface area contributed by atoms with Crippen molar-refractivity contribution in [1.29, 1.82) is 0 Å². The number of halogens is 1. The van der Waals surface area contributed by atoms with Gasteiger partial charge in [0, 0.05) is 24.2 Å². The van der Waals surface area contributed by atoms with Crippen LogP contribution in [0, 0.1) is 0 Å². The van der Waals surface area contributed by atoms with Gasteiger partial charge in [0.2, 0.25) is 11.8 Å². The molecular weight excluding hydrogens is 332 g/mol. The summed E-state index contributed by atoms with van der Waals surface area (Å²) in [7, 11) is 0. The third-order valence-electron chi connectivity index (χ3n) is 3.66. The molecule has 0 radical (unpaired) electrons. The Morgan fingerprint density at radius 2 is 2.08 bits per heavy atom. The number of carbonyl (C=O) groups is 2. The normalized spacial score (nSPS) is 13.7. The van der Waals surface area contributed by atoms with Crippen molar-refractivity contribution < 1.29 is 9.59 Å². The Balaban J connectivity index is 0.00000208. The quantitative estimate of drug-likeness (QED) is 0.741. The highest BCUT2D eigenvalue weighted by atomic mass is 35.5. The summed E-state index contributed by atoms with van der Waals surface area (Å²) < 4.78 is 0. The van der Waals surface area contributed by atoms with E-state index in [4.69, 9.17) is 5.73 Å².